The summed E-state index contributed by atoms with van der Waals surface area (Å²) in [6, 6.07) is -1.22. The molecule has 0 aromatic carbocycles. The van der Waals surface area contributed by atoms with Gasteiger partial charge in [-0.1, -0.05) is 84.0 Å². The summed E-state index contributed by atoms with van der Waals surface area (Å²) in [5.41, 5.74) is 4.98. The number of nitrogens with two attached hydrogens (primary N) is 1. The van der Waals surface area contributed by atoms with Crippen LogP contribution in [-0.4, -0.2) is 28.9 Å². The van der Waals surface area contributed by atoms with Gasteiger partial charge in [-0.15, -0.1) is 0 Å². The molecule has 0 bridgehead atoms. The predicted molar refractivity (Wildman–Crippen MR) is 104 cm³/mol. The summed E-state index contributed by atoms with van der Waals surface area (Å²) in [5.74, 6) is -2.30. The van der Waals surface area contributed by atoms with E-state index in [4.69, 9.17) is 10.8 Å². The fourth-order valence-corrected chi connectivity index (χ4v) is 2.97. The van der Waals surface area contributed by atoms with Gasteiger partial charge in [-0.2, -0.15) is 0 Å². The van der Waals surface area contributed by atoms with Crippen molar-refractivity contribution in [2.75, 3.05) is 0 Å². The number of hydrogen-bond acceptors (Lipinski definition) is 3. The second kappa shape index (κ2) is 16.9. The van der Waals surface area contributed by atoms with Gasteiger partial charge < -0.3 is 16.2 Å². The smallest absolute Gasteiger partial charge is 0.326 e. The Hall–Kier alpha value is -1.59. The Balaban J connectivity index is 3.47. The highest BCUT2D eigenvalue weighted by Crippen LogP contribution is 2.13. The van der Waals surface area contributed by atoms with Crippen molar-refractivity contribution >= 4 is 17.8 Å². The molecule has 0 spiro atoms. The van der Waals surface area contributed by atoms with Crippen LogP contribution < -0.4 is 11.1 Å². The molecule has 0 heterocycles. The van der Waals surface area contributed by atoms with Crippen LogP contribution in [-0.2, 0) is 14.4 Å². The highest BCUT2D eigenvalue weighted by atomic mass is 16.4. The maximum atomic E-state index is 11.7. The largest absolute Gasteiger partial charge is 0.480 e. The molecular formula is C20H38N2O4. The van der Waals surface area contributed by atoms with E-state index in [1.165, 1.54) is 64.2 Å². The number of amides is 2. The maximum absolute atomic E-state index is 11.7. The lowest BCUT2D eigenvalue weighted by atomic mass is 10.0. The fourth-order valence-electron chi connectivity index (χ4n) is 2.97. The summed E-state index contributed by atoms with van der Waals surface area (Å²) in [5, 5.41) is 11.3. The molecule has 6 nitrogen and oxygen atoms in total. The predicted octanol–water partition coefficient (Wildman–Crippen LogP) is 3.91. The first-order valence-corrected chi connectivity index (χ1v) is 10.3. The summed E-state index contributed by atoms with van der Waals surface area (Å²) in [4.78, 5) is 33.4. The summed E-state index contributed by atoms with van der Waals surface area (Å²) < 4.78 is 0. The monoisotopic (exact) mass is 370 g/mol. The Bertz CT molecular complexity index is 399. The van der Waals surface area contributed by atoms with E-state index in [1.807, 2.05) is 0 Å². The second-order valence-electron chi connectivity index (χ2n) is 7.12. The van der Waals surface area contributed by atoms with E-state index >= 15 is 0 Å². The lowest BCUT2D eigenvalue weighted by molar-refractivity contribution is -0.143. The third-order valence-electron chi connectivity index (χ3n) is 4.55. The molecule has 26 heavy (non-hydrogen) atoms. The normalized spacial score (nSPS) is 11.9. The molecule has 0 fully saturated rings. The van der Waals surface area contributed by atoms with Gasteiger partial charge in [0.05, 0.1) is 6.42 Å². The van der Waals surface area contributed by atoms with Crippen LogP contribution in [0.2, 0.25) is 0 Å². The Kier molecular flexibility index (Phi) is 15.8. The molecule has 0 rings (SSSR count). The average molecular weight is 371 g/mol. The number of unbranched alkanes of at least 4 members (excludes halogenated alkanes) is 12. The van der Waals surface area contributed by atoms with Gasteiger partial charge in [-0.05, 0) is 6.42 Å². The van der Waals surface area contributed by atoms with Crippen molar-refractivity contribution in [3.63, 3.8) is 0 Å². The lowest BCUT2D eigenvalue weighted by Crippen LogP contribution is -2.43. The zero-order valence-electron chi connectivity index (χ0n) is 16.4. The van der Waals surface area contributed by atoms with E-state index in [0.717, 1.165) is 19.3 Å². The number of primary amides is 1. The minimum absolute atomic E-state index is 0.292. The number of carbonyl (C=O) groups is 3. The molecule has 2 amide bonds. The van der Waals surface area contributed by atoms with Crippen molar-refractivity contribution in [1.82, 2.24) is 5.32 Å². The molecule has 0 aliphatic carbocycles. The first kappa shape index (κ1) is 24.4. The van der Waals surface area contributed by atoms with Gasteiger partial charge in [-0.25, -0.2) is 4.79 Å². The third-order valence-corrected chi connectivity index (χ3v) is 4.55. The standard InChI is InChI=1S/C20H38N2O4/c1-2-3-4-5-6-7-8-9-10-11-12-13-14-15-19(24)22-17(20(25)26)16-18(21)23/h17H,2-16H2,1H3,(H2,21,23)(H,22,24)(H,25,26)/t17-/m1/s1. The van der Waals surface area contributed by atoms with Crippen molar-refractivity contribution in [3.8, 4) is 0 Å². The van der Waals surface area contributed by atoms with Gasteiger partial charge in [-0.3, -0.25) is 9.59 Å². The molecule has 0 aromatic rings. The van der Waals surface area contributed by atoms with Crippen molar-refractivity contribution in [3.05, 3.63) is 0 Å². The van der Waals surface area contributed by atoms with E-state index < -0.39 is 17.9 Å². The number of aliphatic carboxylic acids is 1. The molecule has 0 aliphatic heterocycles. The van der Waals surface area contributed by atoms with Crippen LogP contribution in [0.3, 0.4) is 0 Å². The molecule has 0 saturated carbocycles. The van der Waals surface area contributed by atoms with Crippen LogP contribution in [0.15, 0.2) is 0 Å². The van der Waals surface area contributed by atoms with Gasteiger partial charge in [0.15, 0.2) is 0 Å². The Morgan fingerprint density at radius 2 is 1.23 bits per heavy atom. The van der Waals surface area contributed by atoms with Crippen molar-refractivity contribution in [2.45, 2.75) is 109 Å². The Morgan fingerprint density at radius 3 is 1.62 bits per heavy atom. The van der Waals surface area contributed by atoms with Crippen molar-refractivity contribution in [2.24, 2.45) is 5.73 Å². The number of carboxylic acid groups (broad SMARTS) is 1. The first-order valence-electron chi connectivity index (χ1n) is 10.3. The van der Waals surface area contributed by atoms with Gasteiger partial charge in [0.2, 0.25) is 11.8 Å². The molecule has 4 N–H and O–H groups in total. The molecule has 6 heteroatoms. The van der Waals surface area contributed by atoms with Gasteiger partial charge >= 0.3 is 5.97 Å². The summed E-state index contributed by atoms with van der Waals surface area (Å²) in [6.07, 6.45) is 15.9. The number of carboxylic acids is 1. The number of hydrogen-bond donors (Lipinski definition) is 3. The van der Waals surface area contributed by atoms with E-state index in [9.17, 15) is 14.4 Å². The summed E-state index contributed by atoms with van der Waals surface area (Å²) in [6.45, 7) is 2.24. The van der Waals surface area contributed by atoms with Crippen LogP contribution >= 0.6 is 0 Å². The lowest BCUT2D eigenvalue weighted by Gasteiger charge is -2.12. The Labute approximate surface area is 158 Å². The minimum Gasteiger partial charge on any atom is -0.480 e. The van der Waals surface area contributed by atoms with E-state index in [0.29, 0.717) is 6.42 Å². The van der Waals surface area contributed by atoms with Crippen LogP contribution in [0, 0.1) is 0 Å². The van der Waals surface area contributed by atoms with E-state index in [2.05, 4.69) is 12.2 Å². The summed E-state index contributed by atoms with van der Waals surface area (Å²) >= 11 is 0. The van der Waals surface area contributed by atoms with E-state index in [-0.39, 0.29) is 12.3 Å². The van der Waals surface area contributed by atoms with Crippen LogP contribution in [0.1, 0.15) is 103 Å². The molecule has 1 atom stereocenters. The van der Waals surface area contributed by atoms with Gasteiger partial charge in [0.1, 0.15) is 6.04 Å². The number of nitrogens with one attached hydrogen (secondary N) is 1. The molecular weight excluding hydrogens is 332 g/mol. The SMILES string of the molecule is CCCCCCCCCCCCCCCC(=O)N[C@H](CC(N)=O)C(=O)O. The quantitative estimate of drug-likeness (QED) is 0.318. The van der Waals surface area contributed by atoms with Gasteiger partial charge in [0, 0.05) is 6.42 Å². The first-order chi connectivity index (χ1) is 12.5. The maximum Gasteiger partial charge on any atom is 0.326 e. The molecule has 0 unspecified atom stereocenters. The van der Waals surface area contributed by atoms with Crippen LogP contribution in [0.25, 0.3) is 0 Å². The molecule has 0 aliphatic rings. The molecule has 152 valence electrons. The van der Waals surface area contributed by atoms with E-state index in [1.54, 1.807) is 0 Å². The van der Waals surface area contributed by atoms with Crippen molar-refractivity contribution < 1.29 is 19.5 Å². The van der Waals surface area contributed by atoms with Crippen LogP contribution in [0.4, 0.5) is 0 Å². The molecule has 0 aromatic heterocycles. The van der Waals surface area contributed by atoms with Crippen LogP contribution in [0.5, 0.6) is 0 Å². The number of carbonyl (C=O) groups excluding carboxylic acids is 2. The summed E-state index contributed by atoms with van der Waals surface area (Å²) in [7, 11) is 0. The zero-order chi connectivity index (χ0) is 19.6. The minimum atomic E-state index is -1.23. The fraction of sp³-hybridized carbons (Fsp3) is 0.850. The molecule has 0 radical (unpaired) electrons. The van der Waals surface area contributed by atoms with Crippen molar-refractivity contribution in [1.29, 1.82) is 0 Å². The second-order valence-corrected chi connectivity index (χ2v) is 7.12. The highest BCUT2D eigenvalue weighted by Gasteiger charge is 2.21. The average Bonchev–Trinajstić information content (AvgIpc) is 2.58. The zero-order valence-corrected chi connectivity index (χ0v) is 16.4. The van der Waals surface area contributed by atoms with Gasteiger partial charge in [0.25, 0.3) is 0 Å². The number of rotatable bonds is 18. The third kappa shape index (κ3) is 15.9. The highest BCUT2D eigenvalue weighted by molar-refractivity contribution is 5.88. The topological polar surface area (TPSA) is 109 Å². The Morgan fingerprint density at radius 1 is 0.808 bits per heavy atom. The molecule has 0 saturated heterocycles.